The third-order valence-corrected chi connectivity index (χ3v) is 5.44. The van der Waals surface area contributed by atoms with Crippen LogP contribution in [0.3, 0.4) is 0 Å². The van der Waals surface area contributed by atoms with Crippen LogP contribution in [0, 0.1) is 10.1 Å². The van der Waals surface area contributed by atoms with Gasteiger partial charge in [0.15, 0.2) is 0 Å². The number of nitrogens with zero attached hydrogens (tertiary/aromatic N) is 4. The van der Waals surface area contributed by atoms with Gasteiger partial charge in [-0.3, -0.25) is 24.6 Å². The van der Waals surface area contributed by atoms with Gasteiger partial charge in [-0.25, -0.2) is 0 Å². The number of non-ortho nitro benzene ring substituents is 1. The van der Waals surface area contributed by atoms with E-state index in [0.717, 1.165) is 6.54 Å². The first-order valence-electron chi connectivity index (χ1n) is 9.52. The number of hydrogen-bond donors (Lipinski definition) is 1. The molecule has 0 radical (unpaired) electrons. The predicted molar refractivity (Wildman–Crippen MR) is 102 cm³/mol. The lowest BCUT2D eigenvalue weighted by atomic mass is 10.1. The molecule has 1 aromatic carbocycles. The largest absolute Gasteiger partial charge is 0.392 e. The Hall–Kier alpha value is -2.52. The van der Waals surface area contributed by atoms with Gasteiger partial charge in [0, 0.05) is 58.3 Å². The lowest BCUT2D eigenvalue weighted by Gasteiger charge is -2.42. The van der Waals surface area contributed by atoms with Crippen LogP contribution in [-0.2, 0) is 16.0 Å². The zero-order valence-electron chi connectivity index (χ0n) is 16.0. The summed E-state index contributed by atoms with van der Waals surface area (Å²) >= 11 is 0. The first-order chi connectivity index (χ1) is 13.3. The standard InChI is InChI=1S/C19H26N4O5/c1-14(24)21-7-8-22(17(12-21)11-20-6-5-18(25)13-20)19(26)10-15-3-2-4-16(9-15)23(27)28/h2-4,9,17-18,25H,5-8,10-13H2,1H3/t17-,18+/m0/s1. The summed E-state index contributed by atoms with van der Waals surface area (Å²) in [4.78, 5) is 40.9. The van der Waals surface area contributed by atoms with E-state index >= 15 is 0 Å². The van der Waals surface area contributed by atoms with Gasteiger partial charge in [0.1, 0.15) is 0 Å². The van der Waals surface area contributed by atoms with Gasteiger partial charge in [-0.2, -0.15) is 0 Å². The average molecular weight is 390 g/mol. The van der Waals surface area contributed by atoms with E-state index in [1.807, 2.05) is 0 Å². The lowest BCUT2D eigenvalue weighted by molar-refractivity contribution is -0.384. The second kappa shape index (κ2) is 8.66. The molecule has 2 amide bonds. The average Bonchev–Trinajstić information content (AvgIpc) is 3.06. The number of hydrogen-bond acceptors (Lipinski definition) is 6. The molecule has 9 heteroatoms. The van der Waals surface area contributed by atoms with Crippen LogP contribution in [-0.4, -0.2) is 88.0 Å². The molecule has 1 N–H and O–H groups in total. The van der Waals surface area contributed by atoms with Crippen LogP contribution in [0.5, 0.6) is 0 Å². The summed E-state index contributed by atoms with van der Waals surface area (Å²) in [6, 6.07) is 5.96. The fraction of sp³-hybridized carbons (Fsp3) is 0.579. The molecule has 152 valence electrons. The highest BCUT2D eigenvalue weighted by Gasteiger charge is 2.34. The Morgan fingerprint density at radius 2 is 2.04 bits per heavy atom. The van der Waals surface area contributed by atoms with Crippen LogP contribution in [0.2, 0.25) is 0 Å². The Morgan fingerprint density at radius 1 is 1.25 bits per heavy atom. The van der Waals surface area contributed by atoms with Crippen molar-refractivity contribution < 1.29 is 19.6 Å². The number of aliphatic hydroxyl groups is 1. The molecule has 2 atom stereocenters. The number of benzene rings is 1. The Morgan fingerprint density at radius 3 is 2.68 bits per heavy atom. The maximum Gasteiger partial charge on any atom is 0.269 e. The highest BCUT2D eigenvalue weighted by Crippen LogP contribution is 2.19. The summed E-state index contributed by atoms with van der Waals surface area (Å²) < 4.78 is 0. The van der Waals surface area contributed by atoms with E-state index in [-0.39, 0.29) is 36.1 Å². The van der Waals surface area contributed by atoms with Crippen LogP contribution < -0.4 is 0 Å². The van der Waals surface area contributed by atoms with Crippen molar-refractivity contribution in [2.24, 2.45) is 0 Å². The maximum atomic E-state index is 13.0. The normalized spacial score (nSPS) is 23.1. The minimum Gasteiger partial charge on any atom is -0.392 e. The van der Waals surface area contributed by atoms with Crippen LogP contribution in [0.1, 0.15) is 18.9 Å². The van der Waals surface area contributed by atoms with Crippen LogP contribution in [0.15, 0.2) is 24.3 Å². The maximum absolute atomic E-state index is 13.0. The summed E-state index contributed by atoms with van der Waals surface area (Å²) in [6.07, 6.45) is 0.451. The molecule has 0 unspecified atom stereocenters. The quantitative estimate of drug-likeness (QED) is 0.571. The van der Waals surface area contributed by atoms with Gasteiger partial charge in [-0.1, -0.05) is 12.1 Å². The summed E-state index contributed by atoms with van der Waals surface area (Å²) in [5.41, 5.74) is 0.567. The molecule has 0 spiro atoms. The van der Waals surface area contributed by atoms with Gasteiger partial charge in [0.2, 0.25) is 11.8 Å². The predicted octanol–water partition coefficient (Wildman–Crippen LogP) is 0.263. The Labute approximate surface area is 163 Å². The zero-order chi connectivity index (χ0) is 20.3. The van der Waals surface area contributed by atoms with Crippen molar-refractivity contribution in [3.63, 3.8) is 0 Å². The molecular formula is C19H26N4O5. The number of aliphatic hydroxyl groups excluding tert-OH is 1. The van der Waals surface area contributed by atoms with Crippen molar-refractivity contribution in [3.8, 4) is 0 Å². The van der Waals surface area contributed by atoms with E-state index in [1.165, 1.54) is 19.1 Å². The number of likely N-dealkylation sites (tertiary alicyclic amines) is 1. The number of β-amino-alcohol motifs (C(OH)–C–C–N with tert-alkyl or cyclic N) is 1. The van der Waals surface area contributed by atoms with E-state index in [9.17, 15) is 24.8 Å². The molecule has 9 nitrogen and oxygen atoms in total. The minimum absolute atomic E-state index is 0.0164. The molecule has 28 heavy (non-hydrogen) atoms. The van der Waals surface area contributed by atoms with Crippen molar-refractivity contribution >= 4 is 17.5 Å². The summed E-state index contributed by atoms with van der Waals surface area (Å²) in [7, 11) is 0. The topological polar surface area (TPSA) is 107 Å². The van der Waals surface area contributed by atoms with Crippen LogP contribution in [0.25, 0.3) is 0 Å². The monoisotopic (exact) mass is 390 g/mol. The van der Waals surface area contributed by atoms with Gasteiger partial charge in [0.25, 0.3) is 5.69 Å². The second-order valence-electron chi connectivity index (χ2n) is 7.51. The van der Waals surface area contributed by atoms with Crippen molar-refractivity contribution in [3.05, 3.63) is 39.9 Å². The van der Waals surface area contributed by atoms with E-state index < -0.39 is 4.92 Å². The van der Waals surface area contributed by atoms with E-state index in [4.69, 9.17) is 0 Å². The molecular weight excluding hydrogens is 364 g/mol. The molecule has 2 aliphatic heterocycles. The van der Waals surface area contributed by atoms with Gasteiger partial charge < -0.3 is 14.9 Å². The Balaban J connectivity index is 1.71. The molecule has 2 heterocycles. The number of amides is 2. The number of carbonyl (C=O) groups is 2. The molecule has 1 aromatic rings. The lowest BCUT2D eigenvalue weighted by Crippen LogP contribution is -2.59. The smallest absolute Gasteiger partial charge is 0.269 e. The Kier molecular flexibility index (Phi) is 6.25. The molecule has 2 aliphatic rings. The highest BCUT2D eigenvalue weighted by atomic mass is 16.6. The molecule has 0 aliphatic carbocycles. The first-order valence-corrected chi connectivity index (χ1v) is 9.52. The van der Waals surface area contributed by atoms with Gasteiger partial charge in [0.05, 0.1) is 23.5 Å². The molecule has 2 saturated heterocycles. The van der Waals surface area contributed by atoms with Crippen LogP contribution in [0.4, 0.5) is 5.69 Å². The van der Waals surface area contributed by atoms with E-state index in [1.54, 1.807) is 21.9 Å². The number of piperazine rings is 1. The van der Waals surface area contributed by atoms with Crippen molar-refractivity contribution in [1.29, 1.82) is 0 Å². The number of rotatable bonds is 5. The van der Waals surface area contributed by atoms with E-state index in [2.05, 4.69) is 4.90 Å². The summed E-state index contributed by atoms with van der Waals surface area (Å²) in [5, 5.41) is 20.7. The van der Waals surface area contributed by atoms with Crippen LogP contribution >= 0.6 is 0 Å². The highest BCUT2D eigenvalue weighted by molar-refractivity contribution is 5.80. The second-order valence-corrected chi connectivity index (χ2v) is 7.51. The number of carbonyl (C=O) groups excluding carboxylic acids is 2. The first kappa shape index (κ1) is 20.2. The Bertz CT molecular complexity index is 756. The van der Waals surface area contributed by atoms with Gasteiger partial charge in [-0.15, -0.1) is 0 Å². The molecule has 0 saturated carbocycles. The number of nitro groups is 1. The fourth-order valence-electron chi connectivity index (χ4n) is 3.96. The molecule has 3 rings (SSSR count). The summed E-state index contributed by atoms with van der Waals surface area (Å²) in [5.74, 6) is -0.120. The third kappa shape index (κ3) is 4.85. The minimum atomic E-state index is -0.471. The van der Waals surface area contributed by atoms with Crippen molar-refractivity contribution in [2.45, 2.75) is 31.9 Å². The van der Waals surface area contributed by atoms with Crippen molar-refractivity contribution in [2.75, 3.05) is 39.3 Å². The van der Waals surface area contributed by atoms with Crippen molar-refractivity contribution in [1.82, 2.24) is 14.7 Å². The van der Waals surface area contributed by atoms with Gasteiger partial charge >= 0.3 is 0 Å². The molecule has 0 bridgehead atoms. The molecule has 2 fully saturated rings. The van der Waals surface area contributed by atoms with Gasteiger partial charge in [-0.05, 0) is 12.0 Å². The van der Waals surface area contributed by atoms with E-state index in [0.29, 0.717) is 44.7 Å². The third-order valence-electron chi connectivity index (χ3n) is 5.44. The molecule has 0 aromatic heterocycles. The fourth-order valence-corrected chi connectivity index (χ4v) is 3.96. The summed E-state index contributed by atoms with van der Waals surface area (Å²) in [6.45, 7) is 4.85. The number of nitro benzene ring substituents is 1. The SMILES string of the molecule is CC(=O)N1CCN(C(=O)Cc2cccc([N+](=O)[O-])c2)[C@@H](CN2CC[C@@H](O)C2)C1. The zero-order valence-corrected chi connectivity index (χ0v) is 16.0.